The van der Waals surface area contributed by atoms with E-state index in [0.717, 1.165) is 38.0 Å². The summed E-state index contributed by atoms with van der Waals surface area (Å²) in [6.45, 7) is 2.65. The second-order valence-electron chi connectivity index (χ2n) is 7.18. The Morgan fingerprint density at radius 3 is 2.58 bits per heavy atom. The molecule has 0 fully saturated rings. The normalized spacial score (nSPS) is 17.6. The summed E-state index contributed by atoms with van der Waals surface area (Å²) in [4.78, 5) is 0. The van der Waals surface area contributed by atoms with Crippen LogP contribution in [0.15, 0.2) is 18.2 Å². The third kappa shape index (κ3) is 4.95. The Morgan fingerprint density at radius 2 is 1.88 bits per heavy atom. The van der Waals surface area contributed by atoms with Crippen LogP contribution in [-0.4, -0.2) is 35.6 Å². The molecule has 0 heterocycles. The predicted octanol–water partition coefficient (Wildman–Crippen LogP) is 2.82. The zero-order valence-corrected chi connectivity index (χ0v) is 15.0. The average Bonchev–Trinajstić information content (AvgIpc) is 2.63. The molecule has 0 aromatic heterocycles. The zero-order valence-electron chi connectivity index (χ0n) is 15.0. The molecule has 0 aliphatic heterocycles. The molecule has 0 bridgehead atoms. The highest BCUT2D eigenvalue weighted by Crippen LogP contribution is 2.33. The van der Waals surface area contributed by atoms with Crippen LogP contribution in [0.25, 0.3) is 0 Å². The van der Waals surface area contributed by atoms with Gasteiger partial charge in [-0.15, -0.1) is 0 Å². The third-order valence-corrected chi connectivity index (χ3v) is 5.32. The quantitative estimate of drug-likeness (QED) is 0.575. The first-order chi connectivity index (χ1) is 11.6. The number of unbranched alkanes of at least 4 members (excludes halogenated alkanes) is 4. The molecule has 2 rings (SSSR count). The Labute approximate surface area is 146 Å². The van der Waals surface area contributed by atoms with Crippen molar-refractivity contribution in [3.63, 3.8) is 0 Å². The zero-order chi connectivity index (χ0) is 17.4. The lowest BCUT2D eigenvalue weighted by molar-refractivity contribution is 0.0690. The van der Waals surface area contributed by atoms with E-state index in [1.54, 1.807) is 0 Å². The van der Waals surface area contributed by atoms with Crippen LogP contribution in [-0.2, 0) is 12.8 Å². The van der Waals surface area contributed by atoms with Crippen LogP contribution in [0.2, 0.25) is 0 Å². The van der Waals surface area contributed by atoms with Crippen molar-refractivity contribution >= 4 is 0 Å². The van der Waals surface area contributed by atoms with Gasteiger partial charge in [0.2, 0.25) is 0 Å². The first-order valence-electron chi connectivity index (χ1n) is 9.38. The van der Waals surface area contributed by atoms with Gasteiger partial charge >= 0.3 is 0 Å². The molecule has 4 N–H and O–H groups in total. The maximum absolute atomic E-state index is 9.50. The summed E-state index contributed by atoms with van der Waals surface area (Å²) < 4.78 is 5.88. The van der Waals surface area contributed by atoms with Gasteiger partial charge in [-0.25, -0.2) is 0 Å². The number of hydrogen-bond donors (Lipinski definition) is 3. The molecule has 4 heteroatoms. The topological polar surface area (TPSA) is 75.7 Å². The predicted molar refractivity (Wildman–Crippen MR) is 97.3 cm³/mol. The van der Waals surface area contributed by atoms with Crippen molar-refractivity contribution < 1.29 is 14.9 Å². The Balaban J connectivity index is 1.87. The molecule has 0 saturated heterocycles. The summed E-state index contributed by atoms with van der Waals surface area (Å²) in [6.07, 6.45) is 8.85. The number of nitrogens with two attached hydrogens (primary N) is 1. The van der Waals surface area contributed by atoms with Gasteiger partial charge in [0.1, 0.15) is 5.75 Å². The van der Waals surface area contributed by atoms with Gasteiger partial charge in [0.25, 0.3) is 0 Å². The van der Waals surface area contributed by atoms with E-state index in [-0.39, 0.29) is 19.1 Å². The van der Waals surface area contributed by atoms with Crippen molar-refractivity contribution in [1.82, 2.24) is 0 Å². The number of aliphatic hydroxyl groups excluding tert-OH is 2. The van der Waals surface area contributed by atoms with Crippen molar-refractivity contribution in [2.75, 3.05) is 19.8 Å². The van der Waals surface area contributed by atoms with E-state index in [1.807, 2.05) is 6.07 Å². The number of aryl methyl sites for hydroxylation is 1. The average molecular weight is 335 g/mol. The monoisotopic (exact) mass is 335 g/mol. The summed E-state index contributed by atoms with van der Waals surface area (Å²) in [5, 5.41) is 19.0. The van der Waals surface area contributed by atoms with Crippen LogP contribution < -0.4 is 10.5 Å². The molecule has 0 saturated carbocycles. The van der Waals surface area contributed by atoms with E-state index in [1.165, 1.54) is 36.8 Å². The van der Waals surface area contributed by atoms with E-state index < -0.39 is 5.54 Å². The highest BCUT2D eigenvalue weighted by molar-refractivity contribution is 5.38. The summed E-state index contributed by atoms with van der Waals surface area (Å²) in [5.41, 5.74) is 7.84. The molecule has 0 unspecified atom stereocenters. The summed E-state index contributed by atoms with van der Waals surface area (Å²) in [7, 11) is 0. The fourth-order valence-electron chi connectivity index (χ4n) is 3.52. The number of ether oxygens (including phenoxy) is 1. The molecule has 1 aromatic carbocycles. The van der Waals surface area contributed by atoms with Crippen molar-refractivity contribution in [2.24, 2.45) is 11.7 Å². The van der Waals surface area contributed by atoms with Gasteiger partial charge in [0.05, 0.1) is 25.4 Å². The van der Waals surface area contributed by atoms with Gasteiger partial charge < -0.3 is 20.7 Å². The van der Waals surface area contributed by atoms with Crippen LogP contribution >= 0.6 is 0 Å². The van der Waals surface area contributed by atoms with E-state index in [9.17, 15) is 10.2 Å². The number of hydrogen-bond acceptors (Lipinski definition) is 4. The molecule has 1 aliphatic carbocycles. The molecule has 0 radical (unpaired) electrons. The third-order valence-electron chi connectivity index (χ3n) is 5.32. The second-order valence-corrected chi connectivity index (χ2v) is 7.18. The minimum atomic E-state index is -0.884. The molecule has 4 nitrogen and oxygen atoms in total. The molecule has 0 amide bonds. The molecule has 0 spiro atoms. The molecule has 1 aromatic rings. The lowest BCUT2D eigenvalue weighted by Gasteiger charge is -2.37. The van der Waals surface area contributed by atoms with Crippen molar-refractivity contribution in [3.8, 4) is 5.75 Å². The Kier molecular flexibility index (Phi) is 7.53. The van der Waals surface area contributed by atoms with Crippen LogP contribution in [0.5, 0.6) is 5.75 Å². The van der Waals surface area contributed by atoms with E-state index in [4.69, 9.17) is 10.5 Å². The number of aliphatic hydroxyl groups is 2. The first kappa shape index (κ1) is 19.2. The van der Waals surface area contributed by atoms with E-state index in [0.29, 0.717) is 0 Å². The minimum absolute atomic E-state index is 0.116. The standard InChI is InChI=1S/C20H33NO3/c1-2-3-4-5-6-11-24-19-10-8-16-12-18(9-7-17(16)13-19)20(21,14-22)15-23/h8,10,13,18,22-23H,2-7,9,11-12,14-15,21H2,1H3/t18-/m0/s1. The number of rotatable bonds is 10. The maximum atomic E-state index is 9.50. The number of benzene rings is 1. The number of fused-ring (bicyclic) bond motifs is 1. The summed E-state index contributed by atoms with van der Waals surface area (Å²) in [6, 6.07) is 6.29. The van der Waals surface area contributed by atoms with Crippen molar-refractivity contribution in [2.45, 2.75) is 63.8 Å². The molecule has 1 aliphatic rings. The van der Waals surface area contributed by atoms with Crippen LogP contribution in [0.1, 0.15) is 56.6 Å². The summed E-state index contributed by atoms with van der Waals surface area (Å²) in [5.74, 6) is 1.07. The van der Waals surface area contributed by atoms with Crippen LogP contribution in [0.4, 0.5) is 0 Å². The van der Waals surface area contributed by atoms with Gasteiger partial charge in [-0.05, 0) is 54.9 Å². The van der Waals surface area contributed by atoms with Gasteiger partial charge in [-0.3, -0.25) is 0 Å². The van der Waals surface area contributed by atoms with Crippen LogP contribution in [0, 0.1) is 5.92 Å². The highest BCUT2D eigenvalue weighted by Gasteiger charge is 2.36. The molecular weight excluding hydrogens is 302 g/mol. The van der Waals surface area contributed by atoms with Gasteiger partial charge in [-0.2, -0.15) is 0 Å². The van der Waals surface area contributed by atoms with Gasteiger partial charge in [0, 0.05) is 0 Å². The van der Waals surface area contributed by atoms with Gasteiger partial charge in [0.15, 0.2) is 0 Å². The minimum Gasteiger partial charge on any atom is -0.494 e. The smallest absolute Gasteiger partial charge is 0.119 e. The van der Waals surface area contributed by atoms with Crippen molar-refractivity contribution in [1.29, 1.82) is 0 Å². The van der Waals surface area contributed by atoms with E-state index in [2.05, 4.69) is 19.1 Å². The molecular formula is C20H33NO3. The summed E-state index contributed by atoms with van der Waals surface area (Å²) >= 11 is 0. The first-order valence-corrected chi connectivity index (χ1v) is 9.38. The SMILES string of the molecule is CCCCCCCOc1ccc2c(c1)CC[C@H](C(N)(CO)CO)C2. The molecule has 24 heavy (non-hydrogen) atoms. The van der Waals surface area contributed by atoms with Crippen LogP contribution in [0.3, 0.4) is 0 Å². The van der Waals surface area contributed by atoms with Gasteiger partial charge in [-0.1, -0.05) is 38.7 Å². The largest absolute Gasteiger partial charge is 0.494 e. The lowest BCUT2D eigenvalue weighted by Crippen LogP contribution is -2.55. The molecule has 136 valence electrons. The fraction of sp³-hybridized carbons (Fsp3) is 0.700. The molecule has 1 atom stereocenters. The van der Waals surface area contributed by atoms with E-state index >= 15 is 0 Å². The highest BCUT2D eigenvalue weighted by atomic mass is 16.5. The Bertz CT molecular complexity index is 500. The Morgan fingerprint density at radius 1 is 1.12 bits per heavy atom. The second kappa shape index (κ2) is 9.40. The Hall–Kier alpha value is -1.10. The maximum Gasteiger partial charge on any atom is 0.119 e. The fourth-order valence-corrected chi connectivity index (χ4v) is 3.52. The lowest BCUT2D eigenvalue weighted by atomic mass is 9.73. The van der Waals surface area contributed by atoms with Crippen molar-refractivity contribution in [3.05, 3.63) is 29.3 Å².